The highest BCUT2D eigenvalue weighted by atomic mass is 35.5. The third-order valence-electron chi connectivity index (χ3n) is 3.51. The Morgan fingerprint density at radius 3 is 2.73 bits per heavy atom. The molecule has 1 aromatic rings. The van der Waals surface area contributed by atoms with Crippen molar-refractivity contribution in [2.75, 3.05) is 0 Å². The van der Waals surface area contributed by atoms with Crippen LogP contribution in [0, 0.1) is 0 Å². The van der Waals surface area contributed by atoms with Gasteiger partial charge in [0.1, 0.15) is 5.75 Å². The number of rotatable bonds is 0. The SMILES string of the molecule is O=C1Oc2cc(Cl)ccc2C12CCCC2. The summed E-state index contributed by atoms with van der Waals surface area (Å²) in [5, 5.41) is 0.622. The molecule has 78 valence electrons. The third-order valence-corrected chi connectivity index (χ3v) is 3.74. The molecular formula is C12H11ClO2. The van der Waals surface area contributed by atoms with Crippen LogP contribution in [0.1, 0.15) is 31.2 Å². The standard InChI is InChI=1S/C12H11ClO2/c13-8-3-4-9-10(7-8)15-11(14)12(9)5-1-2-6-12/h3-4,7H,1-2,5-6H2. The first-order chi connectivity index (χ1) is 7.22. The molecule has 1 aromatic carbocycles. The predicted molar refractivity (Wildman–Crippen MR) is 57.2 cm³/mol. The normalized spacial score (nSPS) is 21.8. The van der Waals surface area contributed by atoms with E-state index in [9.17, 15) is 4.79 Å². The van der Waals surface area contributed by atoms with E-state index >= 15 is 0 Å². The summed E-state index contributed by atoms with van der Waals surface area (Å²) in [5.74, 6) is 0.576. The van der Waals surface area contributed by atoms with Gasteiger partial charge >= 0.3 is 5.97 Å². The van der Waals surface area contributed by atoms with Crippen LogP contribution in [0.3, 0.4) is 0 Å². The Morgan fingerprint density at radius 1 is 1.27 bits per heavy atom. The number of hydrogen-bond donors (Lipinski definition) is 0. The number of ether oxygens (including phenoxy) is 1. The number of benzene rings is 1. The second kappa shape index (κ2) is 2.99. The lowest BCUT2D eigenvalue weighted by Gasteiger charge is -2.18. The van der Waals surface area contributed by atoms with Crippen LogP contribution >= 0.6 is 11.6 Å². The number of carbonyl (C=O) groups is 1. The number of halogens is 1. The summed E-state index contributed by atoms with van der Waals surface area (Å²) < 4.78 is 5.30. The summed E-state index contributed by atoms with van der Waals surface area (Å²) in [6.07, 6.45) is 4.05. The van der Waals surface area contributed by atoms with E-state index in [1.807, 2.05) is 12.1 Å². The maximum absolute atomic E-state index is 11.9. The molecule has 15 heavy (non-hydrogen) atoms. The van der Waals surface area contributed by atoms with Crippen LogP contribution < -0.4 is 4.74 Å². The van der Waals surface area contributed by atoms with E-state index in [1.165, 1.54) is 0 Å². The second-order valence-electron chi connectivity index (χ2n) is 4.32. The number of hydrogen-bond acceptors (Lipinski definition) is 2. The Hall–Kier alpha value is -1.02. The molecule has 0 N–H and O–H groups in total. The van der Waals surface area contributed by atoms with Gasteiger partial charge in [-0.2, -0.15) is 0 Å². The van der Waals surface area contributed by atoms with Gasteiger partial charge in [-0.05, 0) is 25.0 Å². The van der Waals surface area contributed by atoms with Crippen molar-refractivity contribution in [3.05, 3.63) is 28.8 Å². The first kappa shape index (κ1) is 9.22. The molecule has 2 nitrogen and oxygen atoms in total. The monoisotopic (exact) mass is 222 g/mol. The van der Waals surface area contributed by atoms with E-state index < -0.39 is 0 Å². The topological polar surface area (TPSA) is 26.3 Å². The number of esters is 1. The van der Waals surface area contributed by atoms with Crippen molar-refractivity contribution in [2.45, 2.75) is 31.1 Å². The van der Waals surface area contributed by atoms with Crippen molar-refractivity contribution in [1.29, 1.82) is 0 Å². The molecule has 1 fully saturated rings. The largest absolute Gasteiger partial charge is 0.425 e. The van der Waals surface area contributed by atoms with Crippen molar-refractivity contribution >= 4 is 17.6 Å². The van der Waals surface area contributed by atoms with Crippen LogP contribution in [0.15, 0.2) is 18.2 Å². The first-order valence-electron chi connectivity index (χ1n) is 5.25. The molecule has 0 saturated heterocycles. The maximum atomic E-state index is 11.9. The van der Waals surface area contributed by atoms with Gasteiger partial charge in [-0.3, -0.25) is 4.79 Å². The first-order valence-corrected chi connectivity index (χ1v) is 5.62. The van der Waals surface area contributed by atoms with E-state index in [-0.39, 0.29) is 11.4 Å². The van der Waals surface area contributed by atoms with E-state index in [2.05, 4.69) is 0 Å². The molecule has 0 atom stereocenters. The van der Waals surface area contributed by atoms with Crippen LogP contribution in [0.25, 0.3) is 0 Å². The molecule has 1 spiro atoms. The van der Waals surface area contributed by atoms with Crippen LogP contribution in [-0.2, 0) is 10.2 Å². The molecule has 0 bridgehead atoms. The molecule has 1 aliphatic heterocycles. The summed E-state index contributed by atoms with van der Waals surface area (Å²) in [4.78, 5) is 11.9. The van der Waals surface area contributed by atoms with Gasteiger partial charge in [0.25, 0.3) is 0 Å². The molecule has 0 unspecified atom stereocenters. The summed E-state index contributed by atoms with van der Waals surface area (Å²) in [5.41, 5.74) is 0.689. The molecule has 1 heterocycles. The zero-order valence-corrected chi connectivity index (χ0v) is 9.01. The fourth-order valence-corrected chi connectivity index (χ4v) is 2.90. The lowest BCUT2D eigenvalue weighted by atomic mass is 9.80. The Morgan fingerprint density at radius 2 is 2.00 bits per heavy atom. The van der Waals surface area contributed by atoms with E-state index in [0.717, 1.165) is 31.2 Å². The molecule has 1 saturated carbocycles. The van der Waals surface area contributed by atoms with E-state index in [0.29, 0.717) is 10.8 Å². The van der Waals surface area contributed by atoms with Gasteiger partial charge < -0.3 is 4.74 Å². The minimum Gasteiger partial charge on any atom is -0.425 e. The summed E-state index contributed by atoms with van der Waals surface area (Å²) in [6.45, 7) is 0. The van der Waals surface area contributed by atoms with Crippen molar-refractivity contribution in [1.82, 2.24) is 0 Å². The van der Waals surface area contributed by atoms with Gasteiger partial charge in [0.2, 0.25) is 0 Å². The van der Waals surface area contributed by atoms with E-state index in [4.69, 9.17) is 16.3 Å². The van der Waals surface area contributed by atoms with Gasteiger partial charge in [-0.1, -0.05) is 30.5 Å². The van der Waals surface area contributed by atoms with Gasteiger partial charge in [-0.15, -0.1) is 0 Å². The summed E-state index contributed by atoms with van der Waals surface area (Å²) in [6, 6.07) is 5.51. The molecule has 1 aliphatic carbocycles. The van der Waals surface area contributed by atoms with Gasteiger partial charge in [0.15, 0.2) is 0 Å². The molecule has 3 heteroatoms. The predicted octanol–water partition coefficient (Wildman–Crippen LogP) is 3.07. The molecule has 0 aromatic heterocycles. The van der Waals surface area contributed by atoms with Crippen molar-refractivity contribution in [2.24, 2.45) is 0 Å². The average Bonchev–Trinajstić information content (AvgIpc) is 2.76. The lowest BCUT2D eigenvalue weighted by molar-refractivity contribution is -0.138. The Kier molecular flexibility index (Phi) is 1.84. The van der Waals surface area contributed by atoms with Crippen LogP contribution in [-0.4, -0.2) is 5.97 Å². The Bertz CT molecular complexity index is 433. The molecule has 0 radical (unpaired) electrons. The van der Waals surface area contributed by atoms with Crippen LogP contribution in [0.5, 0.6) is 5.75 Å². The van der Waals surface area contributed by atoms with Gasteiger partial charge in [0.05, 0.1) is 5.41 Å². The smallest absolute Gasteiger partial charge is 0.322 e. The quantitative estimate of drug-likeness (QED) is 0.498. The summed E-state index contributed by atoms with van der Waals surface area (Å²) >= 11 is 5.87. The minimum absolute atomic E-state index is 0.0859. The molecule has 0 amide bonds. The fourth-order valence-electron chi connectivity index (χ4n) is 2.74. The highest BCUT2D eigenvalue weighted by molar-refractivity contribution is 6.30. The summed E-state index contributed by atoms with van der Waals surface area (Å²) in [7, 11) is 0. The highest BCUT2D eigenvalue weighted by Crippen LogP contribution is 2.50. The maximum Gasteiger partial charge on any atom is 0.322 e. The number of fused-ring (bicyclic) bond motifs is 2. The van der Waals surface area contributed by atoms with Crippen molar-refractivity contribution in [3.63, 3.8) is 0 Å². The average molecular weight is 223 g/mol. The molecule has 2 aliphatic rings. The fraction of sp³-hybridized carbons (Fsp3) is 0.417. The van der Waals surface area contributed by atoms with Gasteiger partial charge in [-0.25, -0.2) is 0 Å². The van der Waals surface area contributed by atoms with Crippen LogP contribution in [0.4, 0.5) is 0 Å². The van der Waals surface area contributed by atoms with Crippen LogP contribution in [0.2, 0.25) is 5.02 Å². The third kappa shape index (κ3) is 1.14. The van der Waals surface area contributed by atoms with Gasteiger partial charge in [0, 0.05) is 10.6 Å². The van der Waals surface area contributed by atoms with Crippen molar-refractivity contribution in [3.8, 4) is 5.75 Å². The highest BCUT2D eigenvalue weighted by Gasteiger charge is 2.50. The molecule has 3 rings (SSSR count). The lowest BCUT2D eigenvalue weighted by Crippen LogP contribution is -2.30. The Labute approximate surface area is 93.2 Å². The Balaban J connectivity index is 2.17. The minimum atomic E-state index is -0.347. The van der Waals surface area contributed by atoms with E-state index in [1.54, 1.807) is 6.07 Å². The zero-order chi connectivity index (χ0) is 10.5. The number of carbonyl (C=O) groups excluding carboxylic acids is 1. The molecular weight excluding hydrogens is 212 g/mol. The second-order valence-corrected chi connectivity index (χ2v) is 4.76. The zero-order valence-electron chi connectivity index (χ0n) is 8.25. The van der Waals surface area contributed by atoms with Crippen molar-refractivity contribution < 1.29 is 9.53 Å².